The lowest BCUT2D eigenvalue weighted by atomic mass is 10.1. The summed E-state index contributed by atoms with van der Waals surface area (Å²) in [4.78, 5) is 26.6. The number of carbonyl (C=O) groups is 2. The molecule has 108 valence electrons. The van der Waals surface area contributed by atoms with E-state index in [1.165, 1.54) is 6.92 Å². The van der Waals surface area contributed by atoms with Crippen molar-refractivity contribution in [2.45, 2.75) is 20.3 Å². The van der Waals surface area contributed by atoms with Crippen LogP contribution in [0.1, 0.15) is 25.0 Å². The van der Waals surface area contributed by atoms with Gasteiger partial charge in [-0.2, -0.15) is 0 Å². The van der Waals surface area contributed by atoms with Gasteiger partial charge < -0.3 is 9.47 Å². The Labute approximate surface area is 122 Å². The van der Waals surface area contributed by atoms with Crippen LogP contribution >= 0.6 is 0 Å². The fraction of sp³-hybridized carbons (Fsp3) is 0.188. The molecule has 0 N–H and O–H groups in total. The molecule has 0 aromatic heterocycles. The second kappa shape index (κ2) is 6.17. The van der Waals surface area contributed by atoms with Crippen molar-refractivity contribution in [3.63, 3.8) is 0 Å². The zero-order valence-corrected chi connectivity index (χ0v) is 11.9. The number of allylic oxidation sites excluding steroid dienone is 1. The molecule has 0 saturated carbocycles. The highest BCUT2D eigenvalue weighted by Gasteiger charge is 2.19. The third-order valence-electron chi connectivity index (χ3n) is 2.73. The number of aliphatic imine (C=N–C) groups is 1. The molecule has 0 amide bonds. The van der Waals surface area contributed by atoms with E-state index in [-0.39, 0.29) is 11.7 Å². The second-order valence-corrected chi connectivity index (χ2v) is 4.50. The summed E-state index contributed by atoms with van der Waals surface area (Å²) in [7, 11) is 0. The SMILES string of the molecule is C=CCc1cc(/C=C2\N=C(C)OC2=O)ccc1OC(C)=O. The number of esters is 2. The van der Waals surface area contributed by atoms with E-state index in [4.69, 9.17) is 9.47 Å². The maximum atomic E-state index is 11.5. The Balaban J connectivity index is 2.36. The maximum absolute atomic E-state index is 11.5. The second-order valence-electron chi connectivity index (χ2n) is 4.50. The smallest absolute Gasteiger partial charge is 0.363 e. The van der Waals surface area contributed by atoms with Crippen LogP contribution in [0, 0.1) is 0 Å². The van der Waals surface area contributed by atoms with Gasteiger partial charge in [0.15, 0.2) is 11.6 Å². The van der Waals surface area contributed by atoms with E-state index in [0.29, 0.717) is 18.1 Å². The van der Waals surface area contributed by atoms with Crippen molar-refractivity contribution < 1.29 is 19.1 Å². The van der Waals surface area contributed by atoms with Crippen molar-refractivity contribution in [3.8, 4) is 5.75 Å². The van der Waals surface area contributed by atoms with Gasteiger partial charge in [-0.15, -0.1) is 6.58 Å². The van der Waals surface area contributed by atoms with Crippen LogP contribution in [0.3, 0.4) is 0 Å². The predicted molar refractivity (Wildman–Crippen MR) is 78.8 cm³/mol. The van der Waals surface area contributed by atoms with Crippen LogP contribution in [0.5, 0.6) is 5.75 Å². The number of ether oxygens (including phenoxy) is 2. The topological polar surface area (TPSA) is 65.0 Å². The van der Waals surface area contributed by atoms with E-state index < -0.39 is 5.97 Å². The highest BCUT2D eigenvalue weighted by molar-refractivity contribution is 6.06. The largest absolute Gasteiger partial charge is 0.426 e. The van der Waals surface area contributed by atoms with Crippen molar-refractivity contribution in [2.75, 3.05) is 0 Å². The van der Waals surface area contributed by atoms with Crippen molar-refractivity contribution in [2.24, 2.45) is 4.99 Å². The molecule has 0 saturated heterocycles. The van der Waals surface area contributed by atoms with Gasteiger partial charge in [-0.1, -0.05) is 12.1 Å². The fourth-order valence-electron chi connectivity index (χ4n) is 1.93. The first-order chi connectivity index (χ1) is 9.99. The van der Waals surface area contributed by atoms with Gasteiger partial charge in [0.25, 0.3) is 0 Å². The molecule has 1 aliphatic heterocycles. The van der Waals surface area contributed by atoms with E-state index >= 15 is 0 Å². The van der Waals surface area contributed by atoms with Gasteiger partial charge in [0.2, 0.25) is 0 Å². The minimum absolute atomic E-state index is 0.247. The van der Waals surface area contributed by atoms with Gasteiger partial charge in [0.05, 0.1) is 0 Å². The summed E-state index contributed by atoms with van der Waals surface area (Å²) >= 11 is 0. The van der Waals surface area contributed by atoms with Crippen LogP contribution in [0.25, 0.3) is 6.08 Å². The molecule has 1 heterocycles. The number of nitrogens with zero attached hydrogens (tertiary/aromatic N) is 1. The lowest BCUT2D eigenvalue weighted by molar-refractivity contribution is -0.132. The fourth-order valence-corrected chi connectivity index (χ4v) is 1.93. The quantitative estimate of drug-likeness (QED) is 0.369. The number of hydrogen-bond acceptors (Lipinski definition) is 5. The summed E-state index contributed by atoms with van der Waals surface area (Å²) < 4.78 is 9.99. The predicted octanol–water partition coefficient (Wildman–Crippen LogP) is 2.66. The first-order valence-corrected chi connectivity index (χ1v) is 6.41. The zero-order valence-electron chi connectivity index (χ0n) is 11.9. The highest BCUT2D eigenvalue weighted by atomic mass is 16.6. The van der Waals surface area contributed by atoms with Crippen LogP contribution in [-0.4, -0.2) is 17.8 Å². The Kier molecular flexibility index (Phi) is 4.33. The molecule has 0 bridgehead atoms. The minimum Gasteiger partial charge on any atom is -0.426 e. The molecule has 1 aliphatic rings. The Morgan fingerprint density at radius 1 is 1.48 bits per heavy atom. The molecule has 5 heteroatoms. The highest BCUT2D eigenvalue weighted by Crippen LogP contribution is 2.24. The summed E-state index contributed by atoms with van der Waals surface area (Å²) in [6, 6.07) is 5.25. The van der Waals surface area contributed by atoms with Crippen molar-refractivity contribution in [1.29, 1.82) is 0 Å². The van der Waals surface area contributed by atoms with Crippen LogP contribution < -0.4 is 4.74 Å². The number of carbonyl (C=O) groups excluding carboxylic acids is 2. The molecule has 1 aromatic rings. The minimum atomic E-state index is -0.471. The summed E-state index contributed by atoms with van der Waals surface area (Å²) in [5.74, 6) is -0.0415. The van der Waals surface area contributed by atoms with E-state index in [2.05, 4.69) is 11.6 Å². The Bertz CT molecular complexity index is 671. The monoisotopic (exact) mass is 285 g/mol. The van der Waals surface area contributed by atoms with Crippen LogP contribution in [0.4, 0.5) is 0 Å². The lowest BCUT2D eigenvalue weighted by Gasteiger charge is -2.08. The summed E-state index contributed by atoms with van der Waals surface area (Å²) in [5.41, 5.74) is 1.83. The van der Waals surface area contributed by atoms with E-state index in [9.17, 15) is 9.59 Å². The summed E-state index contributed by atoms with van der Waals surface area (Å²) in [5, 5.41) is 0. The number of rotatable bonds is 4. The third-order valence-corrected chi connectivity index (χ3v) is 2.73. The van der Waals surface area contributed by atoms with Gasteiger partial charge >= 0.3 is 11.9 Å². The Morgan fingerprint density at radius 3 is 2.81 bits per heavy atom. The molecule has 2 rings (SSSR count). The Morgan fingerprint density at radius 2 is 2.24 bits per heavy atom. The maximum Gasteiger partial charge on any atom is 0.363 e. The molecule has 0 atom stereocenters. The van der Waals surface area contributed by atoms with Crippen LogP contribution in [-0.2, 0) is 20.7 Å². The zero-order chi connectivity index (χ0) is 15.4. The van der Waals surface area contributed by atoms with Gasteiger partial charge in [-0.3, -0.25) is 4.79 Å². The Hall–Kier alpha value is -2.69. The molecular weight excluding hydrogens is 270 g/mol. The molecule has 0 fully saturated rings. The average molecular weight is 285 g/mol. The molecule has 0 unspecified atom stereocenters. The summed E-state index contributed by atoms with van der Waals surface area (Å²) in [6.07, 6.45) is 3.89. The van der Waals surface area contributed by atoms with Crippen molar-refractivity contribution >= 4 is 23.9 Å². The van der Waals surface area contributed by atoms with Gasteiger partial charge in [0, 0.05) is 13.8 Å². The average Bonchev–Trinajstić information content (AvgIpc) is 2.71. The summed E-state index contributed by atoms with van der Waals surface area (Å²) in [6.45, 7) is 6.64. The van der Waals surface area contributed by atoms with E-state index in [1.807, 2.05) is 6.07 Å². The molecule has 0 aliphatic carbocycles. The first-order valence-electron chi connectivity index (χ1n) is 6.41. The van der Waals surface area contributed by atoms with E-state index in [0.717, 1.165) is 11.1 Å². The number of hydrogen-bond donors (Lipinski definition) is 0. The van der Waals surface area contributed by atoms with Crippen LogP contribution in [0.2, 0.25) is 0 Å². The molecule has 21 heavy (non-hydrogen) atoms. The lowest BCUT2D eigenvalue weighted by Crippen LogP contribution is -2.04. The van der Waals surface area contributed by atoms with E-state index in [1.54, 1.807) is 31.2 Å². The standard InChI is InChI=1S/C16H15NO4/c1-4-5-13-8-12(6-7-15(13)21-11(3)18)9-14-16(19)20-10(2)17-14/h4,6-9H,1,5H2,2-3H3/b14-9-. The first kappa shape index (κ1) is 14.7. The molecule has 0 spiro atoms. The van der Waals surface area contributed by atoms with Gasteiger partial charge in [0.1, 0.15) is 5.75 Å². The van der Waals surface area contributed by atoms with Gasteiger partial charge in [-0.05, 0) is 35.8 Å². The number of cyclic esters (lactones) is 1. The molecular formula is C16H15NO4. The van der Waals surface area contributed by atoms with Crippen molar-refractivity contribution in [3.05, 3.63) is 47.7 Å². The molecule has 5 nitrogen and oxygen atoms in total. The number of benzene rings is 1. The van der Waals surface area contributed by atoms with Gasteiger partial charge in [-0.25, -0.2) is 9.79 Å². The van der Waals surface area contributed by atoms with Crippen molar-refractivity contribution in [1.82, 2.24) is 0 Å². The molecule has 0 radical (unpaired) electrons. The normalized spacial score (nSPS) is 15.6. The molecule has 1 aromatic carbocycles. The third kappa shape index (κ3) is 3.66. The van der Waals surface area contributed by atoms with Crippen LogP contribution in [0.15, 0.2) is 41.5 Å².